The molecule has 0 aromatic heterocycles. The van der Waals surface area contributed by atoms with E-state index in [1.54, 1.807) is 12.1 Å². The summed E-state index contributed by atoms with van der Waals surface area (Å²) < 4.78 is 43.7. The molecule has 0 radical (unpaired) electrons. The topological polar surface area (TPSA) is 6.48 Å². The van der Waals surface area contributed by atoms with Crippen LogP contribution in [0.4, 0.5) is 47.3 Å². The van der Waals surface area contributed by atoms with Gasteiger partial charge in [-0.15, -0.1) is 0 Å². The SMILES string of the molecule is FC(F)(F)Sc1cc2c3c(c1)N(c1ccc(-c4ccccc4)cc1)c1ccc(-c4ccccc4)cc1B3c1cc(-c3ccccc3)ccc1N2c1ccc(-c2ccccc2)cc1. The van der Waals surface area contributed by atoms with Gasteiger partial charge in [0.1, 0.15) is 0 Å². The lowest BCUT2D eigenvalue weighted by Gasteiger charge is -2.44. The van der Waals surface area contributed by atoms with Crippen molar-refractivity contribution in [2.75, 3.05) is 9.80 Å². The van der Waals surface area contributed by atoms with Crippen molar-refractivity contribution in [1.29, 1.82) is 0 Å². The minimum Gasteiger partial charge on any atom is -0.311 e. The normalized spacial score (nSPS) is 12.7. The summed E-state index contributed by atoms with van der Waals surface area (Å²) in [6, 6.07) is 74.4. The molecule has 9 aromatic carbocycles. The molecule has 0 amide bonds. The second-order valence-corrected chi connectivity index (χ2v) is 16.8. The van der Waals surface area contributed by atoms with Crippen molar-refractivity contribution in [1.82, 2.24) is 0 Å². The molecule has 62 heavy (non-hydrogen) atoms. The Labute approximate surface area is 363 Å². The molecular weight excluding hydrogens is 788 g/mol. The van der Waals surface area contributed by atoms with E-state index in [0.717, 1.165) is 83.6 Å². The minimum absolute atomic E-state index is 0.0690. The van der Waals surface area contributed by atoms with Crippen LogP contribution in [0.15, 0.2) is 223 Å². The third kappa shape index (κ3) is 6.85. The second-order valence-electron chi connectivity index (χ2n) is 15.6. The third-order valence-electron chi connectivity index (χ3n) is 12.0. The zero-order valence-electron chi connectivity index (χ0n) is 33.3. The van der Waals surface area contributed by atoms with Crippen molar-refractivity contribution >= 4 is 69.0 Å². The van der Waals surface area contributed by atoms with Crippen LogP contribution < -0.4 is 26.2 Å². The Balaban J connectivity index is 1.19. The van der Waals surface area contributed by atoms with Gasteiger partial charge in [-0.25, -0.2) is 0 Å². The zero-order valence-corrected chi connectivity index (χ0v) is 34.1. The molecule has 0 aliphatic carbocycles. The van der Waals surface area contributed by atoms with Gasteiger partial charge in [0.25, 0.3) is 6.71 Å². The van der Waals surface area contributed by atoms with Gasteiger partial charge in [0.2, 0.25) is 0 Å². The van der Waals surface area contributed by atoms with Crippen molar-refractivity contribution in [3.8, 4) is 44.5 Å². The van der Waals surface area contributed by atoms with Crippen molar-refractivity contribution in [3.05, 3.63) is 218 Å². The third-order valence-corrected chi connectivity index (χ3v) is 12.7. The Hall–Kier alpha value is -7.22. The molecule has 2 heterocycles. The smallest absolute Gasteiger partial charge is 0.311 e. The maximum absolute atomic E-state index is 14.6. The highest BCUT2D eigenvalue weighted by atomic mass is 32.2. The molecule has 0 spiro atoms. The van der Waals surface area contributed by atoms with E-state index in [9.17, 15) is 13.2 Å². The van der Waals surface area contributed by atoms with Gasteiger partial charge in [0.05, 0.1) is 0 Å². The van der Waals surface area contributed by atoms with E-state index in [2.05, 4.69) is 143 Å². The highest BCUT2D eigenvalue weighted by Gasteiger charge is 2.44. The van der Waals surface area contributed by atoms with E-state index >= 15 is 0 Å². The Morgan fingerprint density at radius 2 is 0.661 bits per heavy atom. The largest absolute Gasteiger partial charge is 0.446 e. The highest BCUT2D eigenvalue weighted by Crippen LogP contribution is 2.49. The summed E-state index contributed by atoms with van der Waals surface area (Å²) in [5.41, 5.74) is 12.2. The molecule has 2 aliphatic heterocycles. The fourth-order valence-electron chi connectivity index (χ4n) is 9.22. The minimum atomic E-state index is -4.50. The van der Waals surface area contributed by atoms with E-state index in [4.69, 9.17) is 0 Å². The Kier molecular flexibility index (Phi) is 9.35. The van der Waals surface area contributed by atoms with Crippen molar-refractivity contribution in [2.45, 2.75) is 10.4 Å². The van der Waals surface area contributed by atoms with Gasteiger partial charge in [-0.2, -0.15) is 13.2 Å². The molecular formula is C55H36BF3N2S. The molecule has 2 aliphatic rings. The number of hydrogen-bond acceptors (Lipinski definition) is 3. The zero-order chi connectivity index (χ0) is 41.8. The van der Waals surface area contributed by atoms with Gasteiger partial charge in [-0.1, -0.05) is 170 Å². The average molecular weight is 825 g/mol. The summed E-state index contributed by atoms with van der Waals surface area (Å²) in [6.07, 6.45) is 0. The fourth-order valence-corrected chi connectivity index (χ4v) is 9.83. The molecule has 0 N–H and O–H groups in total. The number of alkyl halides is 3. The molecule has 0 bridgehead atoms. The molecule has 0 unspecified atom stereocenters. The van der Waals surface area contributed by atoms with Crippen LogP contribution >= 0.6 is 11.8 Å². The first-order chi connectivity index (χ1) is 30.4. The summed E-state index contributed by atoms with van der Waals surface area (Å²) in [6.45, 7) is -0.304. The van der Waals surface area contributed by atoms with Gasteiger partial charge >= 0.3 is 5.51 Å². The number of hydrogen-bond donors (Lipinski definition) is 0. The molecule has 7 heteroatoms. The fraction of sp³-hybridized carbons (Fsp3) is 0.0182. The first kappa shape index (κ1) is 37.8. The maximum Gasteiger partial charge on any atom is 0.446 e. The lowest BCUT2D eigenvalue weighted by Crippen LogP contribution is -2.61. The van der Waals surface area contributed by atoms with Crippen molar-refractivity contribution in [3.63, 3.8) is 0 Å². The van der Waals surface area contributed by atoms with Crippen LogP contribution in [0.25, 0.3) is 44.5 Å². The number of anilines is 6. The summed E-state index contributed by atoms with van der Waals surface area (Å²) in [5, 5.41) is 0. The summed E-state index contributed by atoms with van der Waals surface area (Å²) in [5.74, 6) is 0. The van der Waals surface area contributed by atoms with Crippen molar-refractivity contribution < 1.29 is 13.2 Å². The molecule has 296 valence electrons. The predicted octanol–water partition coefficient (Wildman–Crippen LogP) is 14.0. The Morgan fingerprint density at radius 3 is 1.02 bits per heavy atom. The van der Waals surface area contributed by atoms with Crippen LogP contribution in [0.2, 0.25) is 0 Å². The molecule has 2 nitrogen and oxygen atoms in total. The van der Waals surface area contributed by atoms with Gasteiger partial charge in [0.15, 0.2) is 0 Å². The summed E-state index contributed by atoms with van der Waals surface area (Å²) in [7, 11) is 0. The van der Waals surface area contributed by atoms with Crippen LogP contribution in [0.3, 0.4) is 0 Å². The number of fused-ring (bicyclic) bond motifs is 4. The Morgan fingerprint density at radius 1 is 0.339 bits per heavy atom. The van der Waals surface area contributed by atoms with Crippen LogP contribution in [0, 0.1) is 0 Å². The maximum atomic E-state index is 14.6. The predicted molar refractivity (Wildman–Crippen MR) is 254 cm³/mol. The van der Waals surface area contributed by atoms with Crippen molar-refractivity contribution in [2.24, 2.45) is 0 Å². The molecule has 11 rings (SSSR count). The number of thioether (sulfide) groups is 1. The van der Waals surface area contributed by atoms with E-state index in [1.165, 1.54) is 0 Å². The lowest BCUT2D eigenvalue weighted by molar-refractivity contribution is -0.0328. The number of nitrogens with zero attached hydrogens (tertiary/aromatic N) is 2. The van der Waals surface area contributed by atoms with E-state index < -0.39 is 5.51 Å². The highest BCUT2D eigenvalue weighted by molar-refractivity contribution is 8.00. The average Bonchev–Trinajstić information content (AvgIpc) is 3.32. The van der Waals surface area contributed by atoms with E-state index in [1.807, 2.05) is 72.8 Å². The van der Waals surface area contributed by atoms with E-state index in [-0.39, 0.29) is 23.4 Å². The summed E-state index contributed by atoms with van der Waals surface area (Å²) in [4.78, 5) is 4.45. The van der Waals surface area contributed by atoms with Crippen LogP contribution in [0.5, 0.6) is 0 Å². The van der Waals surface area contributed by atoms with Crippen LogP contribution in [-0.4, -0.2) is 12.2 Å². The van der Waals surface area contributed by atoms with Gasteiger partial charge in [0, 0.05) is 39.0 Å². The summed E-state index contributed by atoms with van der Waals surface area (Å²) >= 11 is -0.0690. The molecule has 0 saturated heterocycles. The molecule has 0 fully saturated rings. The molecule has 0 saturated carbocycles. The molecule has 0 atom stereocenters. The van der Waals surface area contributed by atoms with Gasteiger partial charge in [-0.3, -0.25) is 0 Å². The second kappa shape index (κ2) is 15.4. The van der Waals surface area contributed by atoms with Crippen LogP contribution in [-0.2, 0) is 0 Å². The quantitative estimate of drug-likeness (QED) is 0.117. The first-order valence-corrected chi connectivity index (χ1v) is 21.4. The first-order valence-electron chi connectivity index (χ1n) is 20.6. The number of halogens is 3. The Bertz CT molecular complexity index is 2870. The monoisotopic (exact) mass is 824 g/mol. The van der Waals surface area contributed by atoms with Gasteiger partial charge in [-0.05, 0) is 121 Å². The standard InChI is InChI=1S/C55H36BF3N2S/c57-55(58,59)62-47-35-52-54-53(36-47)61(46-29-23-42(24-30-46)38-15-7-2-8-16-38)51-32-26-44(40-19-11-4-12-20-40)34-49(51)56(54)48-33-43(39-17-9-3-10-18-39)25-31-50(48)60(52)45-27-21-41(22-28-45)37-13-5-1-6-14-37/h1-36H. The molecule has 9 aromatic rings. The van der Waals surface area contributed by atoms with Gasteiger partial charge < -0.3 is 9.80 Å². The number of benzene rings is 9. The van der Waals surface area contributed by atoms with E-state index in [0.29, 0.717) is 11.4 Å². The van der Waals surface area contributed by atoms with Crippen LogP contribution in [0.1, 0.15) is 0 Å². The number of rotatable bonds is 7. The lowest BCUT2D eigenvalue weighted by atomic mass is 9.33.